The second kappa shape index (κ2) is 13.3. The van der Waals surface area contributed by atoms with Crippen LogP contribution in [0.4, 0.5) is 0 Å². The lowest BCUT2D eigenvalue weighted by Gasteiger charge is -2.32. The predicted molar refractivity (Wildman–Crippen MR) is 142 cm³/mol. The Kier molecular flexibility index (Phi) is 9.92. The van der Waals surface area contributed by atoms with Crippen molar-refractivity contribution in [3.63, 3.8) is 0 Å². The highest BCUT2D eigenvalue weighted by Crippen LogP contribution is 2.19. The molecule has 3 aromatic rings. The van der Waals surface area contributed by atoms with E-state index in [-0.39, 0.29) is 24.5 Å². The maximum absolute atomic E-state index is 13.6. The number of benzene rings is 3. The zero-order valence-corrected chi connectivity index (χ0v) is 21.6. The average Bonchev–Trinajstić information content (AvgIpc) is 2.91. The van der Waals surface area contributed by atoms with Crippen LogP contribution >= 0.6 is 0 Å². The highest BCUT2D eigenvalue weighted by Gasteiger charge is 2.31. The summed E-state index contributed by atoms with van der Waals surface area (Å²) in [6.07, 6.45) is 1.21. The lowest BCUT2D eigenvalue weighted by atomic mass is 10.0. The zero-order chi connectivity index (χ0) is 25.9. The van der Waals surface area contributed by atoms with E-state index in [1.165, 1.54) is 0 Å². The van der Waals surface area contributed by atoms with Crippen LogP contribution in [0, 0.1) is 6.92 Å². The molecule has 0 fully saturated rings. The van der Waals surface area contributed by atoms with E-state index in [2.05, 4.69) is 5.32 Å². The Labute approximate surface area is 214 Å². The van der Waals surface area contributed by atoms with Gasteiger partial charge in [-0.25, -0.2) is 0 Å². The summed E-state index contributed by atoms with van der Waals surface area (Å²) in [6.45, 7) is 6.13. The number of ether oxygens (including phenoxy) is 2. The monoisotopic (exact) mass is 488 g/mol. The van der Waals surface area contributed by atoms with Gasteiger partial charge in [0.15, 0.2) is 6.61 Å². The molecule has 2 amide bonds. The summed E-state index contributed by atoms with van der Waals surface area (Å²) in [5.74, 6) is 0.840. The van der Waals surface area contributed by atoms with Crippen LogP contribution < -0.4 is 14.8 Å². The molecule has 3 aromatic carbocycles. The fraction of sp³-hybridized carbons (Fsp3) is 0.333. The summed E-state index contributed by atoms with van der Waals surface area (Å²) in [5.41, 5.74) is 3.07. The molecule has 1 N–H and O–H groups in total. The van der Waals surface area contributed by atoms with Crippen LogP contribution in [0.5, 0.6) is 11.5 Å². The number of aryl methyl sites for hydroxylation is 1. The van der Waals surface area contributed by atoms with Gasteiger partial charge in [-0.2, -0.15) is 0 Å². The summed E-state index contributed by atoms with van der Waals surface area (Å²) >= 11 is 0. The number of hydrogen-bond acceptors (Lipinski definition) is 4. The van der Waals surface area contributed by atoms with Crippen LogP contribution in [0.3, 0.4) is 0 Å². The molecule has 36 heavy (non-hydrogen) atoms. The first kappa shape index (κ1) is 26.8. The topological polar surface area (TPSA) is 67.9 Å². The third-order valence-electron chi connectivity index (χ3n) is 6.17. The van der Waals surface area contributed by atoms with Crippen molar-refractivity contribution in [2.75, 3.05) is 13.7 Å². The molecule has 0 aliphatic carbocycles. The van der Waals surface area contributed by atoms with E-state index in [1.807, 2.05) is 75.4 Å². The van der Waals surface area contributed by atoms with Crippen LogP contribution in [0.25, 0.3) is 0 Å². The van der Waals surface area contributed by atoms with Crippen LogP contribution in [0.2, 0.25) is 0 Å². The van der Waals surface area contributed by atoms with Gasteiger partial charge in [-0.15, -0.1) is 0 Å². The van der Waals surface area contributed by atoms with Gasteiger partial charge in [-0.05, 0) is 55.7 Å². The fourth-order valence-corrected chi connectivity index (χ4v) is 3.79. The standard InChI is InChI=1S/C30H36N2O4/c1-5-23(3)31-30(34)28(19-24-9-7-6-8-10-24)32(20-25-13-11-22(2)12-14-25)29(33)21-36-27-17-15-26(35-4)16-18-27/h6-18,23,28H,5,19-21H2,1-4H3,(H,31,34)/t23-,28+/m1/s1. The molecule has 0 saturated carbocycles. The first-order chi connectivity index (χ1) is 17.4. The Morgan fingerprint density at radius 1 is 0.889 bits per heavy atom. The second-order valence-electron chi connectivity index (χ2n) is 8.99. The molecule has 0 unspecified atom stereocenters. The van der Waals surface area contributed by atoms with Crippen molar-refractivity contribution in [2.24, 2.45) is 0 Å². The summed E-state index contributed by atoms with van der Waals surface area (Å²) in [5, 5.41) is 3.08. The Hall–Kier alpha value is -3.80. The Bertz CT molecular complexity index is 1100. The number of amides is 2. The van der Waals surface area contributed by atoms with Gasteiger partial charge >= 0.3 is 0 Å². The molecule has 190 valence electrons. The normalized spacial score (nSPS) is 12.3. The Morgan fingerprint density at radius 3 is 2.14 bits per heavy atom. The molecule has 0 spiro atoms. The minimum absolute atomic E-state index is 0.00245. The fourth-order valence-electron chi connectivity index (χ4n) is 3.79. The van der Waals surface area contributed by atoms with Gasteiger partial charge in [0.1, 0.15) is 17.5 Å². The van der Waals surface area contributed by atoms with Crippen LogP contribution in [0.15, 0.2) is 78.9 Å². The molecule has 0 radical (unpaired) electrons. The molecular formula is C30H36N2O4. The van der Waals surface area contributed by atoms with Crippen molar-refractivity contribution in [3.8, 4) is 11.5 Å². The predicted octanol–water partition coefficient (Wildman–Crippen LogP) is 4.94. The second-order valence-corrected chi connectivity index (χ2v) is 8.99. The van der Waals surface area contributed by atoms with Gasteiger partial charge in [0.2, 0.25) is 5.91 Å². The average molecular weight is 489 g/mol. The lowest BCUT2D eigenvalue weighted by molar-refractivity contribution is -0.143. The molecule has 6 heteroatoms. The minimum atomic E-state index is -0.685. The van der Waals surface area contributed by atoms with E-state index >= 15 is 0 Å². The number of methoxy groups -OCH3 is 1. The van der Waals surface area contributed by atoms with Crippen LogP contribution in [-0.2, 0) is 22.6 Å². The summed E-state index contributed by atoms with van der Waals surface area (Å²) in [4.78, 5) is 28.7. The molecule has 0 heterocycles. The third kappa shape index (κ3) is 7.87. The van der Waals surface area contributed by atoms with Crippen molar-refractivity contribution in [3.05, 3.63) is 95.6 Å². The van der Waals surface area contributed by atoms with Crippen molar-refractivity contribution in [1.29, 1.82) is 0 Å². The van der Waals surface area contributed by atoms with Gasteiger partial charge < -0.3 is 19.7 Å². The number of carbonyl (C=O) groups excluding carboxylic acids is 2. The number of nitrogens with zero attached hydrogens (tertiary/aromatic N) is 1. The van der Waals surface area contributed by atoms with E-state index in [9.17, 15) is 9.59 Å². The SMILES string of the molecule is CC[C@@H](C)NC(=O)[C@H](Cc1ccccc1)N(Cc1ccc(C)cc1)C(=O)COc1ccc(OC)cc1. The molecular weight excluding hydrogens is 452 g/mol. The van der Waals surface area contributed by atoms with E-state index in [0.717, 1.165) is 23.1 Å². The summed E-state index contributed by atoms with van der Waals surface area (Å²) < 4.78 is 11.0. The smallest absolute Gasteiger partial charge is 0.261 e. The van der Waals surface area contributed by atoms with Gasteiger partial charge in [0.05, 0.1) is 7.11 Å². The summed E-state index contributed by atoms with van der Waals surface area (Å²) in [7, 11) is 1.60. The Balaban J connectivity index is 1.88. The Morgan fingerprint density at radius 2 is 1.53 bits per heavy atom. The molecule has 0 aromatic heterocycles. The van der Waals surface area contributed by atoms with Gasteiger partial charge in [-0.1, -0.05) is 67.1 Å². The highest BCUT2D eigenvalue weighted by atomic mass is 16.5. The number of carbonyl (C=O) groups is 2. The quantitative estimate of drug-likeness (QED) is 0.392. The van der Waals surface area contributed by atoms with E-state index in [1.54, 1.807) is 36.3 Å². The number of rotatable bonds is 12. The molecule has 0 aliphatic heterocycles. The van der Waals surface area contributed by atoms with Gasteiger partial charge in [0.25, 0.3) is 5.91 Å². The molecule has 0 saturated heterocycles. The van der Waals surface area contributed by atoms with E-state index in [4.69, 9.17) is 9.47 Å². The van der Waals surface area contributed by atoms with E-state index < -0.39 is 6.04 Å². The largest absolute Gasteiger partial charge is 0.497 e. The first-order valence-corrected chi connectivity index (χ1v) is 12.4. The highest BCUT2D eigenvalue weighted by molar-refractivity contribution is 5.88. The van der Waals surface area contributed by atoms with E-state index in [0.29, 0.717) is 24.5 Å². The van der Waals surface area contributed by atoms with Crippen molar-refractivity contribution < 1.29 is 19.1 Å². The maximum Gasteiger partial charge on any atom is 0.261 e. The van der Waals surface area contributed by atoms with Crippen LogP contribution in [-0.4, -0.2) is 42.5 Å². The minimum Gasteiger partial charge on any atom is -0.497 e. The zero-order valence-electron chi connectivity index (χ0n) is 21.6. The van der Waals surface area contributed by atoms with Crippen LogP contribution in [0.1, 0.15) is 37.0 Å². The molecule has 0 aliphatic rings. The lowest BCUT2D eigenvalue weighted by Crippen LogP contribution is -2.53. The molecule has 2 atom stereocenters. The molecule has 0 bridgehead atoms. The third-order valence-corrected chi connectivity index (χ3v) is 6.17. The molecule has 6 nitrogen and oxygen atoms in total. The summed E-state index contributed by atoms with van der Waals surface area (Å²) in [6, 6.07) is 24.2. The molecule has 3 rings (SSSR count). The van der Waals surface area contributed by atoms with Gasteiger partial charge in [0, 0.05) is 19.0 Å². The first-order valence-electron chi connectivity index (χ1n) is 12.4. The maximum atomic E-state index is 13.6. The van der Waals surface area contributed by atoms with Crippen molar-refractivity contribution >= 4 is 11.8 Å². The van der Waals surface area contributed by atoms with Crippen molar-refractivity contribution in [2.45, 2.75) is 52.2 Å². The van der Waals surface area contributed by atoms with Crippen molar-refractivity contribution in [1.82, 2.24) is 10.2 Å². The number of nitrogens with one attached hydrogen (secondary N) is 1. The van der Waals surface area contributed by atoms with Gasteiger partial charge in [-0.3, -0.25) is 9.59 Å². The number of hydrogen-bond donors (Lipinski definition) is 1.